The van der Waals surface area contributed by atoms with Gasteiger partial charge in [-0.2, -0.15) is 0 Å². The van der Waals surface area contributed by atoms with Crippen LogP contribution in [0, 0.1) is 16.7 Å². The lowest BCUT2D eigenvalue weighted by atomic mass is 9.94. The third-order valence-electron chi connectivity index (χ3n) is 7.79. The van der Waals surface area contributed by atoms with Gasteiger partial charge >= 0.3 is 0 Å². The van der Waals surface area contributed by atoms with Gasteiger partial charge in [0.1, 0.15) is 16.5 Å². The number of piperidine rings is 1. The highest BCUT2D eigenvalue weighted by molar-refractivity contribution is 8.26. The maximum absolute atomic E-state index is 12.4. The molecule has 8 heteroatoms. The van der Waals surface area contributed by atoms with Crippen LogP contribution < -0.4 is 4.74 Å². The summed E-state index contributed by atoms with van der Waals surface area (Å²) in [7, 11) is 2.18. The Kier molecular flexibility index (Phi) is 9.20. The molecule has 1 aromatic heterocycles. The molecule has 2 aromatic carbocycles. The quantitative estimate of drug-likeness (QED) is 0.222. The van der Waals surface area contributed by atoms with E-state index < -0.39 is 0 Å². The Morgan fingerprint density at radius 3 is 2.59 bits per heavy atom. The minimum atomic E-state index is 0.0929. The SMILES string of the molecule is CC(C)C(=N)SC(=N)c1ccc(Oc2cc(-c3cccc(C4CCCN(C)C4)n3)ccc2CN2CCCC2=O)cc1. The zero-order valence-corrected chi connectivity index (χ0v) is 25.0. The van der Waals surface area contributed by atoms with Gasteiger partial charge in [-0.3, -0.25) is 20.6 Å². The number of nitrogens with zero attached hydrogens (tertiary/aromatic N) is 3. The molecule has 2 aliphatic rings. The molecule has 214 valence electrons. The molecule has 3 aromatic rings. The number of carbonyl (C=O) groups excluding carboxylic acids is 1. The van der Waals surface area contributed by atoms with Gasteiger partial charge in [-0.25, -0.2) is 0 Å². The van der Waals surface area contributed by atoms with Crippen molar-refractivity contribution >= 4 is 27.8 Å². The largest absolute Gasteiger partial charge is 0.457 e. The average molecular weight is 570 g/mol. The maximum Gasteiger partial charge on any atom is 0.222 e. The molecule has 0 bridgehead atoms. The second-order valence-electron chi connectivity index (χ2n) is 11.4. The Bertz CT molecular complexity index is 1420. The van der Waals surface area contributed by atoms with E-state index in [0.29, 0.717) is 40.5 Å². The van der Waals surface area contributed by atoms with Crippen molar-refractivity contribution in [3.8, 4) is 22.8 Å². The van der Waals surface area contributed by atoms with E-state index in [0.717, 1.165) is 60.6 Å². The predicted octanol–water partition coefficient (Wildman–Crippen LogP) is 7.16. The molecule has 1 amide bonds. The summed E-state index contributed by atoms with van der Waals surface area (Å²) in [5.41, 5.74) is 4.72. The van der Waals surface area contributed by atoms with Crippen LogP contribution in [0.5, 0.6) is 11.5 Å². The summed E-state index contributed by atoms with van der Waals surface area (Å²) in [6, 6.07) is 19.9. The second-order valence-corrected chi connectivity index (χ2v) is 12.4. The third kappa shape index (κ3) is 7.24. The number of hydrogen-bond acceptors (Lipinski definition) is 7. The monoisotopic (exact) mass is 569 g/mol. The first kappa shape index (κ1) is 29.0. The van der Waals surface area contributed by atoms with Crippen LogP contribution >= 0.6 is 11.8 Å². The van der Waals surface area contributed by atoms with Crippen molar-refractivity contribution in [2.24, 2.45) is 5.92 Å². The van der Waals surface area contributed by atoms with Gasteiger partial charge in [-0.05, 0) is 75.3 Å². The number of hydrogen-bond donors (Lipinski definition) is 2. The van der Waals surface area contributed by atoms with Crippen molar-refractivity contribution in [1.82, 2.24) is 14.8 Å². The molecule has 7 nitrogen and oxygen atoms in total. The van der Waals surface area contributed by atoms with Crippen LogP contribution in [0.3, 0.4) is 0 Å². The Morgan fingerprint density at radius 1 is 1.07 bits per heavy atom. The third-order valence-corrected chi connectivity index (χ3v) is 8.92. The van der Waals surface area contributed by atoms with Crippen molar-refractivity contribution in [3.63, 3.8) is 0 Å². The first-order chi connectivity index (χ1) is 19.8. The summed E-state index contributed by atoms with van der Waals surface area (Å²) in [6.07, 6.45) is 3.83. The number of amides is 1. The highest BCUT2D eigenvalue weighted by Gasteiger charge is 2.23. The Balaban J connectivity index is 1.41. The van der Waals surface area contributed by atoms with Crippen LogP contribution in [0.25, 0.3) is 11.3 Å². The maximum atomic E-state index is 12.4. The molecule has 2 fully saturated rings. The van der Waals surface area contributed by atoms with E-state index in [1.165, 1.54) is 18.2 Å². The molecule has 3 heterocycles. The number of carbonyl (C=O) groups is 1. The van der Waals surface area contributed by atoms with E-state index >= 15 is 0 Å². The van der Waals surface area contributed by atoms with E-state index in [4.69, 9.17) is 20.5 Å². The summed E-state index contributed by atoms with van der Waals surface area (Å²) in [5, 5.41) is 17.3. The predicted molar refractivity (Wildman–Crippen MR) is 167 cm³/mol. The minimum Gasteiger partial charge on any atom is -0.457 e. The summed E-state index contributed by atoms with van der Waals surface area (Å²) >= 11 is 1.18. The molecular weight excluding hydrogens is 530 g/mol. The minimum absolute atomic E-state index is 0.0929. The van der Waals surface area contributed by atoms with E-state index in [-0.39, 0.29) is 11.8 Å². The number of nitrogens with one attached hydrogen (secondary N) is 2. The lowest BCUT2D eigenvalue weighted by Crippen LogP contribution is -2.31. The number of ether oxygens (including phenoxy) is 1. The molecule has 0 saturated carbocycles. The molecule has 0 radical (unpaired) electrons. The zero-order chi connectivity index (χ0) is 28.9. The normalized spacial score (nSPS) is 17.7. The van der Waals surface area contributed by atoms with Crippen molar-refractivity contribution < 1.29 is 9.53 Å². The van der Waals surface area contributed by atoms with Crippen LogP contribution in [-0.4, -0.2) is 57.5 Å². The Morgan fingerprint density at radius 2 is 1.88 bits per heavy atom. The van der Waals surface area contributed by atoms with Crippen LogP contribution in [0.15, 0.2) is 60.7 Å². The van der Waals surface area contributed by atoms with Crippen molar-refractivity contribution in [3.05, 3.63) is 77.5 Å². The van der Waals surface area contributed by atoms with Gasteiger partial charge in [0, 0.05) is 60.3 Å². The van der Waals surface area contributed by atoms with Crippen LogP contribution in [0.4, 0.5) is 0 Å². The van der Waals surface area contributed by atoms with Crippen LogP contribution in [-0.2, 0) is 11.3 Å². The first-order valence-corrected chi connectivity index (χ1v) is 15.3. The number of likely N-dealkylation sites (N-methyl/N-ethyl adjacent to an activating group) is 1. The van der Waals surface area contributed by atoms with Gasteiger partial charge < -0.3 is 14.5 Å². The smallest absolute Gasteiger partial charge is 0.222 e. The van der Waals surface area contributed by atoms with Gasteiger partial charge in [0.2, 0.25) is 5.91 Å². The number of benzene rings is 2. The van der Waals surface area contributed by atoms with Crippen molar-refractivity contribution in [1.29, 1.82) is 10.8 Å². The van der Waals surface area contributed by atoms with Gasteiger partial charge in [-0.1, -0.05) is 43.8 Å². The molecule has 2 aliphatic heterocycles. The van der Waals surface area contributed by atoms with E-state index in [2.05, 4.69) is 36.2 Å². The summed E-state index contributed by atoms with van der Waals surface area (Å²) < 4.78 is 6.44. The number of likely N-dealkylation sites (tertiary alicyclic amines) is 2. The van der Waals surface area contributed by atoms with E-state index in [9.17, 15) is 4.79 Å². The van der Waals surface area contributed by atoms with Crippen LogP contribution in [0.2, 0.25) is 0 Å². The summed E-state index contributed by atoms with van der Waals surface area (Å²) in [5.74, 6) is 2.06. The van der Waals surface area contributed by atoms with E-state index in [1.807, 2.05) is 55.1 Å². The molecule has 41 heavy (non-hydrogen) atoms. The molecule has 0 spiro atoms. The number of pyridine rings is 1. The summed E-state index contributed by atoms with van der Waals surface area (Å²) in [6.45, 7) is 7.35. The highest BCUT2D eigenvalue weighted by Crippen LogP contribution is 2.34. The highest BCUT2D eigenvalue weighted by atomic mass is 32.2. The van der Waals surface area contributed by atoms with Crippen molar-refractivity contribution in [2.75, 3.05) is 26.7 Å². The lowest BCUT2D eigenvalue weighted by molar-refractivity contribution is -0.128. The fourth-order valence-corrected chi connectivity index (χ4v) is 6.06. The molecular formula is C33H39N5O2S. The standard InChI is InChI=1S/C33H39N5O2S/c1-22(2)32(34)41-33(35)23-13-15-27(16-14-23)40-30-19-24(11-12-26(30)21-38-18-6-10-31(38)39)28-8-4-9-29(36-28)25-7-5-17-37(3)20-25/h4,8-9,11-16,19,22,25,34-35H,5-7,10,17-18,20-21H2,1-3H3. The van der Waals surface area contributed by atoms with Gasteiger partial charge in [0.25, 0.3) is 0 Å². The number of rotatable bonds is 8. The topological polar surface area (TPSA) is 93.4 Å². The van der Waals surface area contributed by atoms with E-state index in [1.54, 1.807) is 0 Å². The fourth-order valence-electron chi connectivity index (χ4n) is 5.35. The molecule has 5 rings (SSSR count). The van der Waals surface area contributed by atoms with Gasteiger partial charge in [0.15, 0.2) is 0 Å². The molecule has 1 unspecified atom stereocenters. The second kappa shape index (κ2) is 13.0. The fraction of sp³-hybridized carbons (Fsp3) is 0.394. The summed E-state index contributed by atoms with van der Waals surface area (Å²) in [4.78, 5) is 21.7. The lowest BCUT2D eigenvalue weighted by Gasteiger charge is -2.29. The van der Waals surface area contributed by atoms with Gasteiger partial charge in [-0.15, -0.1) is 0 Å². The molecule has 2 N–H and O–H groups in total. The Labute approximate surface area is 247 Å². The molecule has 1 atom stereocenters. The molecule has 0 aliphatic carbocycles. The first-order valence-electron chi connectivity index (χ1n) is 14.5. The van der Waals surface area contributed by atoms with Gasteiger partial charge in [0.05, 0.1) is 10.7 Å². The average Bonchev–Trinajstić information content (AvgIpc) is 3.38. The zero-order valence-electron chi connectivity index (χ0n) is 24.2. The number of aromatic nitrogens is 1. The Hall–Kier alpha value is -3.49. The van der Waals surface area contributed by atoms with Crippen LogP contribution in [0.1, 0.15) is 62.3 Å². The van der Waals surface area contributed by atoms with Crippen molar-refractivity contribution in [2.45, 2.75) is 52.0 Å². The number of thioether (sulfide) groups is 1. The molecule has 2 saturated heterocycles.